The van der Waals surface area contributed by atoms with Crippen LogP contribution in [0.1, 0.15) is 27.9 Å². The molecule has 7 aromatic carbocycles. The molecule has 2 atom stereocenters. The van der Waals surface area contributed by atoms with E-state index in [0.29, 0.717) is 0 Å². The van der Waals surface area contributed by atoms with Gasteiger partial charge < -0.3 is 0 Å². The number of halogens is 1. The second-order valence-corrected chi connectivity index (χ2v) is 17.0. The Bertz CT molecular complexity index is 2190. The first-order chi connectivity index (χ1) is 22.7. The fourth-order valence-corrected chi connectivity index (χ4v) is 11.7. The van der Waals surface area contributed by atoms with Gasteiger partial charge in [0.2, 0.25) is 0 Å². The van der Waals surface area contributed by atoms with Crippen LogP contribution in [0, 0.1) is 0 Å². The number of rotatable bonds is 9. The molecule has 0 aliphatic carbocycles. The summed E-state index contributed by atoms with van der Waals surface area (Å²) in [5, 5.41) is 6.13. The number of hydrogen-bond acceptors (Lipinski definition) is 1. The van der Waals surface area contributed by atoms with Gasteiger partial charge in [-0.2, -0.15) is 0 Å². The van der Waals surface area contributed by atoms with Crippen molar-refractivity contribution in [2.24, 2.45) is 0 Å². The van der Waals surface area contributed by atoms with Crippen LogP contribution in [-0.2, 0) is 24.4 Å². The van der Waals surface area contributed by atoms with Gasteiger partial charge in [-0.15, -0.1) is 0 Å². The van der Waals surface area contributed by atoms with Crippen molar-refractivity contribution in [1.82, 2.24) is 0 Å². The van der Waals surface area contributed by atoms with Gasteiger partial charge in [0.05, 0.1) is 0 Å². The minimum absolute atomic E-state index is 0.0684. The maximum Gasteiger partial charge on any atom is 0.0219 e. The summed E-state index contributed by atoms with van der Waals surface area (Å²) in [6.07, 6.45) is 3.70. The van der Waals surface area contributed by atoms with Crippen LogP contribution in [0.5, 0.6) is 0 Å². The van der Waals surface area contributed by atoms with E-state index in [9.17, 15) is 0 Å². The molecule has 0 aliphatic rings. The Morgan fingerprint density at radius 3 is 1.70 bits per heavy atom. The third-order valence-corrected chi connectivity index (χ3v) is 14.4. The molecular weight excluding hydrogens is 615 g/mol. The molecule has 0 spiro atoms. The summed E-state index contributed by atoms with van der Waals surface area (Å²) in [4.78, 5) is 0. The Morgan fingerprint density at radius 1 is 0.543 bits per heavy atom. The molecule has 0 bridgehead atoms. The fourth-order valence-electron chi connectivity index (χ4n) is 6.86. The zero-order chi connectivity index (χ0) is 31.3. The predicted molar refractivity (Wildman–Crippen MR) is 205 cm³/mol. The largest absolute Gasteiger partial charge is 0.0929 e. The van der Waals surface area contributed by atoms with E-state index in [1.165, 1.54) is 54.7 Å². The van der Waals surface area contributed by atoms with Crippen molar-refractivity contribution >= 4 is 62.4 Å². The third-order valence-electron chi connectivity index (χ3n) is 9.00. The van der Waals surface area contributed by atoms with Crippen LogP contribution in [0.4, 0.5) is 0 Å². The van der Waals surface area contributed by atoms with Crippen molar-refractivity contribution in [3.8, 4) is 11.1 Å². The average molecular weight is 649 g/mol. The van der Waals surface area contributed by atoms with E-state index in [1.54, 1.807) is 5.54 Å². The van der Waals surface area contributed by atoms with Crippen LogP contribution in [0.25, 0.3) is 38.7 Å². The molecule has 3 heteroatoms. The second-order valence-electron chi connectivity index (χ2n) is 11.8. The van der Waals surface area contributed by atoms with Gasteiger partial charge in [-0.1, -0.05) is 187 Å². The standard InChI is InChI=1S/C43H34ClPS/c44-29-28-36-25-24-34-18-10-12-22-38(34)42(36)43-39-23-13-11-19-35(39)26-27-40(43)41(30-32-14-4-1-5-15-32)45(46,37-20-8-3-9-21-37)31-33-16-6-2-7-17-33/h1-29,41H,30-31H2/b29-28+/t41-,45+/m1/s1. The van der Waals surface area contributed by atoms with Crippen molar-refractivity contribution in [3.05, 3.63) is 192 Å². The first-order valence-corrected chi connectivity index (χ1v) is 19.2. The van der Waals surface area contributed by atoms with Crippen molar-refractivity contribution in [2.75, 3.05) is 0 Å². The summed E-state index contributed by atoms with van der Waals surface area (Å²) >= 11 is 13.5. The van der Waals surface area contributed by atoms with Gasteiger partial charge in [0.15, 0.2) is 0 Å². The molecule has 0 nitrogen and oxygen atoms in total. The van der Waals surface area contributed by atoms with Gasteiger partial charge >= 0.3 is 0 Å². The van der Waals surface area contributed by atoms with Gasteiger partial charge in [0, 0.05) is 17.4 Å². The highest BCUT2D eigenvalue weighted by atomic mass is 35.5. The van der Waals surface area contributed by atoms with E-state index < -0.39 is 6.04 Å². The summed E-state index contributed by atoms with van der Waals surface area (Å²) < 4.78 is 0. The van der Waals surface area contributed by atoms with Gasteiger partial charge in [0.25, 0.3) is 0 Å². The maximum absolute atomic E-state index is 7.14. The molecule has 0 N–H and O–H groups in total. The molecule has 0 heterocycles. The summed E-state index contributed by atoms with van der Waals surface area (Å²) in [6, 6.07) is 56.8. The monoisotopic (exact) mass is 648 g/mol. The topological polar surface area (TPSA) is 0 Å². The minimum atomic E-state index is -2.32. The van der Waals surface area contributed by atoms with Crippen LogP contribution in [0.15, 0.2) is 169 Å². The molecule has 7 rings (SSSR count). The highest BCUT2D eigenvalue weighted by molar-refractivity contribution is 8.18. The summed E-state index contributed by atoms with van der Waals surface area (Å²) in [7, 11) is 0. The number of hydrogen-bond donors (Lipinski definition) is 0. The Balaban J connectivity index is 1.60. The van der Waals surface area contributed by atoms with E-state index in [-0.39, 0.29) is 5.66 Å². The van der Waals surface area contributed by atoms with Gasteiger partial charge in [-0.3, -0.25) is 0 Å². The van der Waals surface area contributed by atoms with Crippen molar-refractivity contribution < 1.29 is 0 Å². The van der Waals surface area contributed by atoms with Crippen LogP contribution in [0.2, 0.25) is 0 Å². The lowest BCUT2D eigenvalue weighted by Gasteiger charge is -2.35. The molecule has 0 aliphatic heterocycles. The highest BCUT2D eigenvalue weighted by Gasteiger charge is 2.35. The van der Waals surface area contributed by atoms with Crippen molar-refractivity contribution in [3.63, 3.8) is 0 Å². The van der Waals surface area contributed by atoms with Gasteiger partial charge in [-0.05, 0) is 78.8 Å². The van der Waals surface area contributed by atoms with E-state index in [0.717, 1.165) is 18.1 Å². The second kappa shape index (κ2) is 13.6. The molecule has 46 heavy (non-hydrogen) atoms. The predicted octanol–water partition coefficient (Wildman–Crippen LogP) is 12.2. The summed E-state index contributed by atoms with van der Waals surface area (Å²) in [5.41, 5.74) is 9.12. The lowest BCUT2D eigenvalue weighted by atomic mass is 9.85. The van der Waals surface area contributed by atoms with Crippen LogP contribution in [-0.4, -0.2) is 0 Å². The first kappa shape index (κ1) is 30.4. The van der Waals surface area contributed by atoms with E-state index in [4.69, 9.17) is 23.4 Å². The summed E-state index contributed by atoms with van der Waals surface area (Å²) in [6.45, 7) is 0. The molecule has 7 aromatic rings. The van der Waals surface area contributed by atoms with Crippen LogP contribution < -0.4 is 5.30 Å². The quantitative estimate of drug-likeness (QED) is 0.140. The SMILES string of the molecule is S=[P@@](Cc1ccccc1)(c1ccccc1)[C@H](Cc1ccccc1)c1ccc2ccccc2c1-c1c(/C=C/Cl)ccc2ccccc12. The molecule has 0 fully saturated rings. The Morgan fingerprint density at radius 2 is 1.07 bits per heavy atom. The zero-order valence-electron chi connectivity index (χ0n) is 25.5. The summed E-state index contributed by atoms with van der Waals surface area (Å²) in [5.74, 6) is 0. The maximum atomic E-state index is 7.14. The van der Waals surface area contributed by atoms with Gasteiger partial charge in [0.1, 0.15) is 0 Å². The molecule has 0 aromatic heterocycles. The van der Waals surface area contributed by atoms with Crippen LogP contribution in [0.3, 0.4) is 0 Å². The Labute approximate surface area is 282 Å². The van der Waals surface area contributed by atoms with Gasteiger partial charge in [-0.25, -0.2) is 0 Å². The highest BCUT2D eigenvalue weighted by Crippen LogP contribution is 2.64. The van der Waals surface area contributed by atoms with Crippen LogP contribution >= 0.6 is 17.6 Å². The molecule has 0 radical (unpaired) electrons. The Kier molecular flexibility index (Phi) is 9.00. The lowest BCUT2D eigenvalue weighted by molar-refractivity contribution is 0.918. The van der Waals surface area contributed by atoms with E-state index >= 15 is 0 Å². The molecular formula is C43H34ClPS. The van der Waals surface area contributed by atoms with Crippen molar-refractivity contribution in [2.45, 2.75) is 18.2 Å². The smallest absolute Gasteiger partial charge is 0.0219 e. The molecule has 0 saturated carbocycles. The molecule has 0 amide bonds. The van der Waals surface area contributed by atoms with E-state index in [1.807, 2.05) is 6.08 Å². The average Bonchev–Trinajstić information content (AvgIpc) is 3.11. The molecule has 0 saturated heterocycles. The van der Waals surface area contributed by atoms with Crippen molar-refractivity contribution in [1.29, 1.82) is 0 Å². The zero-order valence-corrected chi connectivity index (χ0v) is 27.9. The first-order valence-electron chi connectivity index (χ1n) is 15.7. The molecule has 224 valence electrons. The molecule has 0 unspecified atom stereocenters. The normalized spacial score (nSPS) is 13.6. The minimum Gasteiger partial charge on any atom is -0.0929 e. The lowest BCUT2D eigenvalue weighted by Crippen LogP contribution is -2.17. The fraction of sp³-hybridized carbons (Fsp3) is 0.0698. The number of benzene rings is 7. The Hall–Kier alpha value is -4.26. The number of fused-ring (bicyclic) bond motifs is 2. The van der Waals surface area contributed by atoms with E-state index in [2.05, 4.69) is 164 Å². The third kappa shape index (κ3) is 6.00.